The van der Waals surface area contributed by atoms with Crippen molar-refractivity contribution in [2.75, 3.05) is 48.9 Å². The molecule has 0 unspecified atom stereocenters. The third-order valence-corrected chi connectivity index (χ3v) is 5.56. The first-order valence-electron chi connectivity index (χ1n) is 11.0. The standard InChI is InChI=1S/C24H31FN4O3/c1-17-10-13-29(14-11-17)22-9-8-18(16-19(22)23(30)26-12-5-15-32-2)27-24(31)28-21-7-4-3-6-20(21)25/h3-4,6-9,16-17H,5,10-15H2,1-2H3,(H,26,30)(H2,27,28,31). The lowest BCUT2D eigenvalue weighted by atomic mass is 9.98. The number of halogens is 1. The van der Waals surface area contributed by atoms with Gasteiger partial charge in [-0.3, -0.25) is 4.79 Å². The first-order valence-corrected chi connectivity index (χ1v) is 11.0. The van der Waals surface area contributed by atoms with Gasteiger partial charge in [0.05, 0.1) is 11.3 Å². The zero-order valence-corrected chi connectivity index (χ0v) is 18.6. The third-order valence-electron chi connectivity index (χ3n) is 5.56. The van der Waals surface area contributed by atoms with Crippen LogP contribution in [0.4, 0.5) is 26.2 Å². The van der Waals surface area contributed by atoms with Gasteiger partial charge in [-0.15, -0.1) is 0 Å². The average Bonchev–Trinajstić information content (AvgIpc) is 2.79. The summed E-state index contributed by atoms with van der Waals surface area (Å²) < 4.78 is 18.8. The highest BCUT2D eigenvalue weighted by molar-refractivity contribution is 6.04. The van der Waals surface area contributed by atoms with Crippen LogP contribution in [-0.4, -0.2) is 45.3 Å². The van der Waals surface area contributed by atoms with E-state index in [9.17, 15) is 14.0 Å². The van der Waals surface area contributed by atoms with E-state index in [-0.39, 0.29) is 11.6 Å². The molecule has 32 heavy (non-hydrogen) atoms. The summed E-state index contributed by atoms with van der Waals surface area (Å²) in [7, 11) is 1.62. The van der Waals surface area contributed by atoms with Crippen LogP contribution in [0.3, 0.4) is 0 Å². The van der Waals surface area contributed by atoms with E-state index < -0.39 is 11.8 Å². The quantitative estimate of drug-likeness (QED) is 0.527. The molecule has 172 valence electrons. The number of nitrogens with one attached hydrogen (secondary N) is 3. The van der Waals surface area contributed by atoms with Crippen LogP contribution in [0.25, 0.3) is 0 Å². The Balaban J connectivity index is 1.76. The highest BCUT2D eigenvalue weighted by Crippen LogP contribution is 2.29. The van der Waals surface area contributed by atoms with Crippen LogP contribution in [0.5, 0.6) is 0 Å². The van der Waals surface area contributed by atoms with Gasteiger partial charge in [0.2, 0.25) is 0 Å². The van der Waals surface area contributed by atoms with Gasteiger partial charge in [-0.25, -0.2) is 9.18 Å². The van der Waals surface area contributed by atoms with Crippen molar-refractivity contribution in [3.63, 3.8) is 0 Å². The van der Waals surface area contributed by atoms with Gasteiger partial charge in [-0.05, 0) is 55.5 Å². The summed E-state index contributed by atoms with van der Waals surface area (Å²) in [6, 6.07) is 10.6. The Morgan fingerprint density at radius 1 is 1.12 bits per heavy atom. The van der Waals surface area contributed by atoms with Crippen molar-refractivity contribution in [2.45, 2.75) is 26.2 Å². The van der Waals surface area contributed by atoms with Gasteiger partial charge in [-0.1, -0.05) is 19.1 Å². The summed E-state index contributed by atoms with van der Waals surface area (Å²) >= 11 is 0. The van der Waals surface area contributed by atoms with Crippen molar-refractivity contribution in [3.8, 4) is 0 Å². The highest BCUT2D eigenvalue weighted by Gasteiger charge is 2.22. The number of hydrogen-bond donors (Lipinski definition) is 3. The van der Waals surface area contributed by atoms with Crippen molar-refractivity contribution >= 4 is 29.0 Å². The van der Waals surface area contributed by atoms with Crippen LogP contribution in [0.15, 0.2) is 42.5 Å². The largest absolute Gasteiger partial charge is 0.385 e. The van der Waals surface area contributed by atoms with E-state index in [1.807, 2.05) is 6.07 Å². The molecule has 1 heterocycles. The number of methoxy groups -OCH3 is 1. The number of carbonyl (C=O) groups excluding carboxylic acids is 2. The molecule has 1 aliphatic heterocycles. The minimum absolute atomic E-state index is 0.0835. The Kier molecular flexibility index (Phi) is 8.44. The van der Waals surface area contributed by atoms with E-state index >= 15 is 0 Å². The number of anilines is 3. The number of benzene rings is 2. The summed E-state index contributed by atoms with van der Waals surface area (Å²) in [4.78, 5) is 27.5. The Morgan fingerprint density at radius 2 is 1.88 bits per heavy atom. The van der Waals surface area contributed by atoms with Gasteiger partial charge in [0, 0.05) is 44.7 Å². The lowest BCUT2D eigenvalue weighted by molar-refractivity contribution is 0.0949. The summed E-state index contributed by atoms with van der Waals surface area (Å²) in [6.45, 7) is 5.06. The molecule has 0 spiro atoms. The zero-order chi connectivity index (χ0) is 22.9. The molecule has 0 aliphatic carbocycles. The van der Waals surface area contributed by atoms with Crippen molar-refractivity contribution in [1.29, 1.82) is 0 Å². The van der Waals surface area contributed by atoms with Gasteiger partial charge in [0.15, 0.2) is 0 Å². The molecule has 1 aliphatic rings. The summed E-state index contributed by atoms with van der Waals surface area (Å²) in [5.41, 5.74) is 1.89. The number of urea groups is 1. The lowest BCUT2D eigenvalue weighted by Crippen LogP contribution is -2.35. The van der Waals surface area contributed by atoms with Crippen LogP contribution in [-0.2, 0) is 4.74 Å². The minimum Gasteiger partial charge on any atom is -0.385 e. The number of amides is 3. The molecule has 3 amide bonds. The maximum absolute atomic E-state index is 13.8. The lowest BCUT2D eigenvalue weighted by Gasteiger charge is -2.33. The number of para-hydroxylation sites is 1. The third kappa shape index (κ3) is 6.43. The monoisotopic (exact) mass is 442 g/mol. The normalized spacial score (nSPS) is 14.2. The Hall–Kier alpha value is -3.13. The Bertz CT molecular complexity index is 929. The molecule has 3 N–H and O–H groups in total. The second-order valence-corrected chi connectivity index (χ2v) is 8.06. The van der Waals surface area contributed by atoms with E-state index in [2.05, 4.69) is 27.8 Å². The first kappa shape index (κ1) is 23.5. The maximum Gasteiger partial charge on any atom is 0.323 e. The first-order chi connectivity index (χ1) is 15.5. The Morgan fingerprint density at radius 3 is 2.59 bits per heavy atom. The topological polar surface area (TPSA) is 82.7 Å². The SMILES string of the molecule is COCCCNC(=O)c1cc(NC(=O)Nc2ccccc2F)ccc1N1CCC(C)CC1. The van der Waals surface area contributed by atoms with E-state index in [0.29, 0.717) is 36.7 Å². The van der Waals surface area contributed by atoms with E-state index in [0.717, 1.165) is 31.6 Å². The molecular formula is C24H31FN4O3. The number of ether oxygens (including phenoxy) is 1. The fourth-order valence-electron chi connectivity index (χ4n) is 3.68. The van der Waals surface area contributed by atoms with Crippen LogP contribution in [0.1, 0.15) is 36.5 Å². The summed E-state index contributed by atoms with van der Waals surface area (Å²) in [5, 5.41) is 8.11. The van der Waals surface area contributed by atoms with Crippen molar-refractivity contribution in [2.24, 2.45) is 5.92 Å². The molecule has 1 fully saturated rings. The van der Waals surface area contributed by atoms with Gasteiger partial charge in [0.1, 0.15) is 5.82 Å². The number of carbonyl (C=O) groups is 2. The predicted octanol–water partition coefficient (Wildman–Crippen LogP) is 4.47. The fourth-order valence-corrected chi connectivity index (χ4v) is 3.68. The van der Waals surface area contributed by atoms with Gasteiger partial charge >= 0.3 is 6.03 Å². The molecule has 0 radical (unpaired) electrons. The van der Waals surface area contributed by atoms with Crippen LogP contribution < -0.4 is 20.9 Å². The predicted molar refractivity (Wildman–Crippen MR) is 125 cm³/mol. The molecule has 2 aromatic rings. The second kappa shape index (κ2) is 11.5. The highest BCUT2D eigenvalue weighted by atomic mass is 19.1. The number of piperidine rings is 1. The molecule has 7 nitrogen and oxygen atoms in total. The van der Waals surface area contributed by atoms with Gasteiger partial charge < -0.3 is 25.6 Å². The fraction of sp³-hybridized carbons (Fsp3) is 0.417. The molecular weight excluding hydrogens is 411 g/mol. The molecule has 0 aromatic heterocycles. The van der Waals surface area contributed by atoms with Crippen LogP contribution in [0.2, 0.25) is 0 Å². The molecule has 3 rings (SSSR count). The molecule has 1 saturated heterocycles. The van der Waals surface area contributed by atoms with Crippen molar-refractivity contribution < 1.29 is 18.7 Å². The van der Waals surface area contributed by atoms with Crippen molar-refractivity contribution in [1.82, 2.24) is 5.32 Å². The van der Waals surface area contributed by atoms with E-state index in [1.165, 1.54) is 12.1 Å². The van der Waals surface area contributed by atoms with Gasteiger partial charge in [0.25, 0.3) is 5.91 Å². The van der Waals surface area contributed by atoms with Crippen LogP contribution >= 0.6 is 0 Å². The number of rotatable bonds is 8. The smallest absolute Gasteiger partial charge is 0.323 e. The second-order valence-electron chi connectivity index (χ2n) is 8.06. The summed E-state index contributed by atoms with van der Waals surface area (Å²) in [6.07, 6.45) is 2.85. The summed E-state index contributed by atoms with van der Waals surface area (Å²) in [5.74, 6) is -0.0538. The molecule has 0 bridgehead atoms. The minimum atomic E-state index is -0.582. The molecule has 8 heteroatoms. The van der Waals surface area contributed by atoms with Crippen LogP contribution in [0, 0.1) is 11.7 Å². The molecule has 2 aromatic carbocycles. The van der Waals surface area contributed by atoms with Gasteiger partial charge in [-0.2, -0.15) is 0 Å². The van der Waals surface area contributed by atoms with E-state index in [1.54, 1.807) is 31.4 Å². The van der Waals surface area contributed by atoms with Crippen molar-refractivity contribution in [3.05, 3.63) is 53.8 Å². The number of nitrogens with zero attached hydrogens (tertiary/aromatic N) is 1. The number of hydrogen-bond acceptors (Lipinski definition) is 4. The van der Waals surface area contributed by atoms with E-state index in [4.69, 9.17) is 4.74 Å². The molecule has 0 saturated carbocycles. The average molecular weight is 443 g/mol. The molecule has 0 atom stereocenters. The zero-order valence-electron chi connectivity index (χ0n) is 18.6. The maximum atomic E-state index is 13.8. The Labute approximate surface area is 188 Å².